The summed E-state index contributed by atoms with van der Waals surface area (Å²) in [7, 11) is 0. The number of nitrogens with one attached hydrogen (secondary N) is 3. The quantitative estimate of drug-likeness (QED) is 0.318. The number of aromatic nitrogens is 4. The van der Waals surface area contributed by atoms with Gasteiger partial charge in [0.25, 0.3) is 0 Å². The first-order valence-electron chi connectivity index (χ1n) is 10.5. The van der Waals surface area contributed by atoms with Gasteiger partial charge in [-0.15, -0.1) is 0 Å². The Morgan fingerprint density at radius 1 is 1.00 bits per heavy atom. The van der Waals surface area contributed by atoms with E-state index in [-0.39, 0.29) is 0 Å². The number of aromatic amines is 1. The van der Waals surface area contributed by atoms with Crippen molar-refractivity contribution in [1.82, 2.24) is 19.9 Å². The Morgan fingerprint density at radius 2 is 1.78 bits per heavy atom. The second-order valence-corrected chi connectivity index (χ2v) is 7.53. The van der Waals surface area contributed by atoms with E-state index < -0.39 is 0 Å². The lowest BCUT2D eigenvalue weighted by Crippen LogP contribution is -2.37. The second kappa shape index (κ2) is 9.03. The highest BCUT2D eigenvalue weighted by molar-refractivity contribution is 5.99. The van der Waals surface area contributed by atoms with Crippen LogP contribution in [0.1, 0.15) is 11.1 Å². The number of morpholine rings is 1. The monoisotopic (exact) mass is 428 g/mol. The summed E-state index contributed by atoms with van der Waals surface area (Å²) < 4.78 is 5.46. The van der Waals surface area contributed by atoms with Crippen molar-refractivity contribution in [3.8, 4) is 0 Å². The molecule has 0 saturated carbocycles. The molecule has 0 aliphatic carbocycles. The van der Waals surface area contributed by atoms with E-state index in [9.17, 15) is 0 Å². The van der Waals surface area contributed by atoms with E-state index in [2.05, 4.69) is 53.7 Å². The van der Waals surface area contributed by atoms with Crippen LogP contribution in [0.5, 0.6) is 0 Å². The summed E-state index contributed by atoms with van der Waals surface area (Å²) in [6.45, 7) is 4.80. The molecule has 0 atom stereocenters. The number of benzene rings is 2. The fourth-order valence-corrected chi connectivity index (χ4v) is 3.50. The summed E-state index contributed by atoms with van der Waals surface area (Å²) in [6, 6.07) is 16.2. The SMILES string of the molecule is Cc1ccc(Nc2nc(N/N=C\c3c[nH]c4ccccc34)nc(N3CCOCC3)n2)cc1. The molecule has 1 fully saturated rings. The fourth-order valence-electron chi connectivity index (χ4n) is 3.50. The van der Waals surface area contributed by atoms with Crippen molar-refractivity contribution >= 4 is 40.6 Å². The van der Waals surface area contributed by atoms with Crippen LogP contribution in [-0.4, -0.2) is 52.5 Å². The number of aryl methyl sites for hydroxylation is 1. The lowest BCUT2D eigenvalue weighted by molar-refractivity contribution is 0.122. The van der Waals surface area contributed by atoms with Crippen molar-refractivity contribution in [3.05, 3.63) is 65.9 Å². The summed E-state index contributed by atoms with van der Waals surface area (Å²) in [5.41, 5.74) is 7.10. The average molecular weight is 429 g/mol. The smallest absolute Gasteiger partial charge is 0.250 e. The van der Waals surface area contributed by atoms with Crippen molar-refractivity contribution in [3.63, 3.8) is 0 Å². The Morgan fingerprint density at radius 3 is 2.62 bits per heavy atom. The van der Waals surface area contributed by atoms with E-state index in [1.54, 1.807) is 6.21 Å². The number of anilines is 4. The molecule has 162 valence electrons. The highest BCUT2D eigenvalue weighted by Crippen LogP contribution is 2.20. The maximum Gasteiger partial charge on any atom is 0.250 e. The van der Waals surface area contributed by atoms with Crippen LogP contribution in [0.2, 0.25) is 0 Å². The molecule has 0 unspecified atom stereocenters. The van der Waals surface area contributed by atoms with Crippen molar-refractivity contribution < 1.29 is 4.74 Å². The van der Waals surface area contributed by atoms with E-state index in [0.29, 0.717) is 31.1 Å². The first kappa shape index (κ1) is 20.0. The number of H-pyrrole nitrogens is 1. The molecule has 0 spiro atoms. The molecule has 0 amide bonds. The van der Waals surface area contributed by atoms with Crippen molar-refractivity contribution in [2.45, 2.75) is 6.92 Å². The van der Waals surface area contributed by atoms with Crippen molar-refractivity contribution in [1.29, 1.82) is 0 Å². The maximum absolute atomic E-state index is 5.46. The predicted molar refractivity (Wildman–Crippen MR) is 127 cm³/mol. The average Bonchev–Trinajstić information content (AvgIpc) is 3.24. The molecule has 1 saturated heterocycles. The molecular formula is C23H24N8O. The molecule has 9 nitrogen and oxygen atoms in total. The highest BCUT2D eigenvalue weighted by atomic mass is 16.5. The predicted octanol–water partition coefficient (Wildman–Crippen LogP) is 3.69. The fraction of sp³-hybridized carbons (Fsp3) is 0.217. The second-order valence-electron chi connectivity index (χ2n) is 7.53. The molecule has 5 rings (SSSR count). The van der Waals surface area contributed by atoms with Gasteiger partial charge in [0.05, 0.1) is 19.4 Å². The molecule has 2 aromatic heterocycles. The third kappa shape index (κ3) is 4.52. The first-order chi connectivity index (χ1) is 15.7. The Kier molecular flexibility index (Phi) is 5.63. The highest BCUT2D eigenvalue weighted by Gasteiger charge is 2.16. The van der Waals surface area contributed by atoms with E-state index in [0.717, 1.165) is 35.2 Å². The van der Waals surface area contributed by atoms with Crippen LogP contribution in [0.3, 0.4) is 0 Å². The molecule has 9 heteroatoms. The number of rotatable bonds is 6. The lowest BCUT2D eigenvalue weighted by Gasteiger charge is -2.27. The van der Waals surface area contributed by atoms with Crippen LogP contribution in [0.25, 0.3) is 10.9 Å². The molecule has 3 N–H and O–H groups in total. The van der Waals surface area contributed by atoms with Gasteiger partial charge in [-0.2, -0.15) is 20.1 Å². The molecule has 0 radical (unpaired) electrons. The molecule has 4 aromatic rings. The Bertz CT molecular complexity index is 1230. The van der Waals surface area contributed by atoms with Crippen LogP contribution in [0.15, 0.2) is 59.8 Å². The van der Waals surface area contributed by atoms with Crippen LogP contribution in [0.4, 0.5) is 23.5 Å². The van der Waals surface area contributed by atoms with Crippen molar-refractivity contribution in [2.24, 2.45) is 5.10 Å². The zero-order valence-electron chi connectivity index (χ0n) is 17.7. The summed E-state index contributed by atoms with van der Waals surface area (Å²) in [5, 5.41) is 8.72. The number of ether oxygens (including phenoxy) is 1. The third-order valence-electron chi connectivity index (χ3n) is 5.21. The number of nitrogens with zero attached hydrogens (tertiary/aromatic N) is 5. The number of fused-ring (bicyclic) bond motifs is 1. The maximum atomic E-state index is 5.46. The van der Waals surface area contributed by atoms with Crippen LogP contribution in [0, 0.1) is 6.92 Å². The summed E-state index contributed by atoms with van der Waals surface area (Å²) in [4.78, 5) is 19.0. The van der Waals surface area contributed by atoms with Gasteiger partial charge in [-0.1, -0.05) is 35.9 Å². The molecule has 3 heterocycles. The number of para-hydroxylation sites is 1. The van der Waals surface area contributed by atoms with Crippen LogP contribution < -0.4 is 15.6 Å². The Balaban J connectivity index is 1.40. The zero-order valence-corrected chi connectivity index (χ0v) is 17.7. The van der Waals surface area contributed by atoms with Gasteiger partial charge in [0.1, 0.15) is 0 Å². The van der Waals surface area contributed by atoms with Gasteiger partial charge in [0, 0.05) is 41.4 Å². The first-order valence-corrected chi connectivity index (χ1v) is 10.5. The standard InChI is InChI=1S/C23H24N8O/c1-16-6-8-18(9-7-16)26-21-27-22(29-23(28-21)31-10-12-32-13-11-31)30-25-15-17-14-24-20-5-3-2-4-19(17)20/h2-9,14-15,24H,10-13H2,1H3,(H2,26,27,28,29,30)/b25-15-. The van der Waals surface area contributed by atoms with E-state index in [1.807, 2.05) is 48.7 Å². The van der Waals surface area contributed by atoms with Gasteiger partial charge in [-0.05, 0) is 25.1 Å². The van der Waals surface area contributed by atoms with E-state index >= 15 is 0 Å². The van der Waals surface area contributed by atoms with Gasteiger partial charge in [-0.3, -0.25) is 0 Å². The molecule has 2 aromatic carbocycles. The number of hydrogen-bond acceptors (Lipinski definition) is 8. The summed E-state index contributed by atoms with van der Waals surface area (Å²) in [5.74, 6) is 1.41. The molecule has 1 aliphatic heterocycles. The third-order valence-corrected chi connectivity index (χ3v) is 5.21. The van der Waals surface area contributed by atoms with Gasteiger partial charge in [0.2, 0.25) is 17.8 Å². The summed E-state index contributed by atoms with van der Waals surface area (Å²) in [6.07, 6.45) is 3.68. The summed E-state index contributed by atoms with van der Waals surface area (Å²) >= 11 is 0. The molecule has 1 aliphatic rings. The molecular weight excluding hydrogens is 404 g/mol. The molecule has 0 bridgehead atoms. The minimum atomic E-state index is 0.368. The lowest BCUT2D eigenvalue weighted by atomic mass is 10.2. The van der Waals surface area contributed by atoms with Gasteiger partial charge >= 0.3 is 0 Å². The van der Waals surface area contributed by atoms with E-state index in [1.165, 1.54) is 5.56 Å². The largest absolute Gasteiger partial charge is 0.378 e. The van der Waals surface area contributed by atoms with E-state index in [4.69, 9.17) is 4.74 Å². The Labute approximate surface area is 185 Å². The number of hydrazone groups is 1. The van der Waals surface area contributed by atoms with Crippen LogP contribution in [-0.2, 0) is 4.74 Å². The Hall–Kier alpha value is -3.98. The normalized spacial score (nSPS) is 14.2. The number of hydrogen-bond donors (Lipinski definition) is 3. The zero-order chi connectivity index (χ0) is 21.8. The molecule has 32 heavy (non-hydrogen) atoms. The minimum absolute atomic E-state index is 0.368. The van der Waals surface area contributed by atoms with Crippen molar-refractivity contribution in [2.75, 3.05) is 41.9 Å². The van der Waals surface area contributed by atoms with Gasteiger partial charge in [-0.25, -0.2) is 5.43 Å². The van der Waals surface area contributed by atoms with Gasteiger partial charge in [0.15, 0.2) is 0 Å². The topological polar surface area (TPSA) is 103 Å². The minimum Gasteiger partial charge on any atom is -0.378 e. The van der Waals surface area contributed by atoms with Crippen LogP contribution >= 0.6 is 0 Å². The van der Waals surface area contributed by atoms with Gasteiger partial charge < -0.3 is 19.9 Å².